The fourth-order valence-corrected chi connectivity index (χ4v) is 6.94. The van der Waals surface area contributed by atoms with Crippen LogP contribution in [0.25, 0.3) is 11.1 Å². The van der Waals surface area contributed by atoms with Crippen LogP contribution in [0.3, 0.4) is 0 Å². The molecule has 1 heterocycles. The molecule has 1 aliphatic carbocycles. The number of aryl methyl sites for hydroxylation is 1. The Morgan fingerprint density at radius 2 is 1.62 bits per heavy atom. The highest BCUT2D eigenvalue weighted by atomic mass is 16.5. The number of hydrogen-bond acceptors (Lipinski definition) is 9. The molecule has 48 heavy (non-hydrogen) atoms. The molecular weight excluding hydrogens is 614 g/mol. The van der Waals surface area contributed by atoms with Crippen LogP contribution < -0.4 is 39.7 Å². The first-order valence-corrected chi connectivity index (χ1v) is 16.3. The van der Waals surface area contributed by atoms with Crippen LogP contribution in [-0.2, 0) is 16.0 Å². The predicted molar refractivity (Wildman–Crippen MR) is 184 cm³/mol. The van der Waals surface area contributed by atoms with E-state index in [1.165, 1.54) is 6.92 Å². The van der Waals surface area contributed by atoms with E-state index in [0.29, 0.717) is 78.8 Å². The number of nitrogens with one attached hydrogen (secondary N) is 2. The maximum absolute atomic E-state index is 13.6. The molecular formula is C37H45N3O8. The number of carbonyl (C=O) groups is 2. The van der Waals surface area contributed by atoms with Crippen molar-refractivity contribution >= 4 is 17.5 Å². The molecule has 0 aromatic heterocycles. The molecule has 1 fully saturated rings. The molecule has 0 spiro atoms. The van der Waals surface area contributed by atoms with Crippen LogP contribution in [0.1, 0.15) is 67.8 Å². The molecule has 256 valence electrons. The minimum atomic E-state index is -0.394. The van der Waals surface area contributed by atoms with Crippen molar-refractivity contribution in [1.29, 1.82) is 0 Å². The fraction of sp³-hybridized carbons (Fsp3) is 0.432. The van der Waals surface area contributed by atoms with E-state index >= 15 is 0 Å². The molecule has 3 aromatic rings. The van der Waals surface area contributed by atoms with Crippen LogP contribution in [0.4, 0.5) is 5.69 Å². The summed E-state index contributed by atoms with van der Waals surface area (Å²) < 4.78 is 28.1. The summed E-state index contributed by atoms with van der Waals surface area (Å²) in [7, 11) is 7.94. The van der Waals surface area contributed by atoms with E-state index in [1.54, 1.807) is 47.7 Å². The molecule has 0 saturated carbocycles. The largest absolute Gasteiger partial charge is 0.497 e. The number of methoxy groups -OCH3 is 5. The van der Waals surface area contributed by atoms with Crippen molar-refractivity contribution in [3.05, 3.63) is 69.4 Å². The Bertz CT molecular complexity index is 1730. The number of hydrogen-bond donors (Lipinski definition) is 2. The summed E-state index contributed by atoms with van der Waals surface area (Å²) in [5, 5.41) is 6.29. The summed E-state index contributed by atoms with van der Waals surface area (Å²) in [5.74, 6) is 2.77. The number of amides is 2. The zero-order valence-electron chi connectivity index (χ0n) is 28.6. The third-order valence-corrected chi connectivity index (χ3v) is 9.17. The van der Waals surface area contributed by atoms with E-state index in [0.717, 1.165) is 35.1 Å². The first kappa shape index (κ1) is 34.4. The molecule has 2 atom stereocenters. The van der Waals surface area contributed by atoms with E-state index in [1.807, 2.05) is 35.2 Å². The van der Waals surface area contributed by atoms with Crippen LogP contribution >= 0.6 is 0 Å². The molecule has 0 unspecified atom stereocenters. The minimum absolute atomic E-state index is 0.0573. The maximum Gasteiger partial charge on any atom is 0.223 e. The second-order valence-corrected chi connectivity index (χ2v) is 12.0. The first-order chi connectivity index (χ1) is 23.2. The van der Waals surface area contributed by atoms with Crippen molar-refractivity contribution in [2.75, 3.05) is 54.0 Å². The van der Waals surface area contributed by atoms with Gasteiger partial charge in [-0.3, -0.25) is 14.4 Å². The van der Waals surface area contributed by atoms with E-state index in [-0.39, 0.29) is 23.3 Å². The zero-order valence-corrected chi connectivity index (χ0v) is 28.6. The van der Waals surface area contributed by atoms with Gasteiger partial charge >= 0.3 is 0 Å². The van der Waals surface area contributed by atoms with Crippen molar-refractivity contribution in [2.24, 2.45) is 0 Å². The van der Waals surface area contributed by atoms with E-state index in [9.17, 15) is 14.4 Å². The maximum atomic E-state index is 13.6. The van der Waals surface area contributed by atoms with Gasteiger partial charge in [0.25, 0.3) is 0 Å². The summed E-state index contributed by atoms with van der Waals surface area (Å²) in [6.07, 6.45) is 3.85. The summed E-state index contributed by atoms with van der Waals surface area (Å²) in [5.41, 5.74) is 4.36. The molecule has 1 aliphatic heterocycles. The van der Waals surface area contributed by atoms with Gasteiger partial charge in [0, 0.05) is 43.6 Å². The Balaban J connectivity index is 1.37. The van der Waals surface area contributed by atoms with Gasteiger partial charge in [-0.1, -0.05) is 6.07 Å². The topological polar surface area (TPSA) is 125 Å². The van der Waals surface area contributed by atoms with Crippen molar-refractivity contribution in [3.8, 4) is 39.9 Å². The van der Waals surface area contributed by atoms with E-state index in [4.69, 9.17) is 23.7 Å². The minimum Gasteiger partial charge on any atom is -0.497 e. The molecule has 1 saturated heterocycles. The molecule has 5 rings (SSSR count). The Morgan fingerprint density at radius 1 is 0.854 bits per heavy atom. The highest BCUT2D eigenvalue weighted by molar-refractivity contribution is 5.84. The van der Waals surface area contributed by atoms with Gasteiger partial charge in [-0.2, -0.15) is 0 Å². The number of carbonyl (C=O) groups excluding carboxylic acids is 2. The highest BCUT2D eigenvalue weighted by Gasteiger charge is 2.32. The number of likely N-dealkylation sites (tertiary alicyclic amines) is 1. The third kappa shape index (κ3) is 7.00. The molecule has 11 nitrogen and oxygen atoms in total. The van der Waals surface area contributed by atoms with Gasteiger partial charge in [0.1, 0.15) is 11.5 Å². The van der Waals surface area contributed by atoms with Gasteiger partial charge in [-0.05, 0) is 79.1 Å². The normalized spacial score (nSPS) is 16.6. The molecule has 0 bridgehead atoms. The number of nitrogens with zero attached hydrogens (tertiary/aromatic N) is 1. The van der Waals surface area contributed by atoms with Gasteiger partial charge in [0.2, 0.25) is 23.0 Å². The highest BCUT2D eigenvalue weighted by Crippen LogP contribution is 2.50. The lowest BCUT2D eigenvalue weighted by atomic mass is 9.95. The van der Waals surface area contributed by atoms with Crippen LogP contribution in [0.15, 0.2) is 47.3 Å². The number of ether oxygens (including phenoxy) is 5. The number of rotatable bonds is 12. The van der Waals surface area contributed by atoms with Crippen molar-refractivity contribution in [2.45, 2.75) is 57.5 Å². The second-order valence-electron chi connectivity index (χ2n) is 12.0. The SMILES string of the molecule is COc1ccc([C@@H]2CCCN2C(=O)CCCNc2ccc3c(cc2=O)[C@@H](NC(C)=O)CCc2cc(OC)c(OC)c(OC)c2-3)c(OC)c1. The summed E-state index contributed by atoms with van der Waals surface area (Å²) in [4.78, 5) is 41.2. The average Bonchev–Trinajstić information content (AvgIpc) is 3.47. The lowest BCUT2D eigenvalue weighted by molar-refractivity contribution is -0.132. The summed E-state index contributed by atoms with van der Waals surface area (Å²) in [6.45, 7) is 2.59. The molecule has 2 aliphatic rings. The monoisotopic (exact) mass is 659 g/mol. The summed E-state index contributed by atoms with van der Waals surface area (Å²) >= 11 is 0. The average molecular weight is 660 g/mol. The zero-order chi connectivity index (χ0) is 34.4. The fourth-order valence-electron chi connectivity index (χ4n) is 6.94. The number of fused-ring (bicyclic) bond motifs is 3. The van der Waals surface area contributed by atoms with Crippen LogP contribution in [0, 0.1) is 0 Å². The lowest BCUT2D eigenvalue weighted by Crippen LogP contribution is -2.31. The Morgan fingerprint density at radius 3 is 2.31 bits per heavy atom. The number of anilines is 1. The lowest BCUT2D eigenvalue weighted by Gasteiger charge is -2.26. The second kappa shape index (κ2) is 15.3. The van der Waals surface area contributed by atoms with E-state index in [2.05, 4.69) is 10.6 Å². The van der Waals surface area contributed by atoms with Gasteiger partial charge in [-0.25, -0.2) is 0 Å². The van der Waals surface area contributed by atoms with Crippen LogP contribution in [-0.4, -0.2) is 65.4 Å². The quantitative estimate of drug-likeness (QED) is 0.245. The van der Waals surface area contributed by atoms with Crippen molar-refractivity contribution < 1.29 is 33.3 Å². The molecule has 2 amide bonds. The van der Waals surface area contributed by atoms with Gasteiger partial charge in [-0.15, -0.1) is 0 Å². The Hall–Kier alpha value is -4.93. The first-order valence-electron chi connectivity index (χ1n) is 16.3. The van der Waals surface area contributed by atoms with Crippen LogP contribution in [0.2, 0.25) is 0 Å². The molecule has 2 N–H and O–H groups in total. The Labute approximate surface area is 281 Å². The molecule has 11 heteroatoms. The summed E-state index contributed by atoms with van der Waals surface area (Å²) in [6, 6.07) is 12.4. The third-order valence-electron chi connectivity index (χ3n) is 9.17. The van der Waals surface area contributed by atoms with Crippen molar-refractivity contribution in [3.63, 3.8) is 0 Å². The predicted octanol–water partition coefficient (Wildman–Crippen LogP) is 5.44. The van der Waals surface area contributed by atoms with Gasteiger partial charge in [0.15, 0.2) is 11.5 Å². The number of benzene rings is 2. The smallest absolute Gasteiger partial charge is 0.223 e. The standard InChI is InChI=1S/C37H45N3O8/c1-22(41)39-28-15-11-23-19-33(46-4)36(47-5)37(48-6)35(23)25-14-16-29(31(42)21-27(25)28)38-17-7-10-34(43)40-18-8-9-30(40)26-13-12-24(44-2)20-32(26)45-3/h12-14,16,19-21,28,30H,7-11,15,17-18H2,1-6H3,(H,38,42)(H,39,41)/t28-,30-/m0/s1. The Kier molecular flexibility index (Phi) is 11.0. The van der Waals surface area contributed by atoms with E-state index < -0.39 is 6.04 Å². The van der Waals surface area contributed by atoms with Gasteiger partial charge in [0.05, 0.1) is 53.3 Å². The molecule has 3 aromatic carbocycles. The van der Waals surface area contributed by atoms with Gasteiger partial charge < -0.3 is 39.2 Å². The van der Waals surface area contributed by atoms with Crippen molar-refractivity contribution in [1.82, 2.24) is 10.2 Å². The molecule has 0 radical (unpaired) electrons. The van der Waals surface area contributed by atoms with Crippen LogP contribution in [0.5, 0.6) is 28.7 Å².